The Morgan fingerprint density at radius 3 is 3.10 bits per heavy atom. The highest BCUT2D eigenvalue weighted by molar-refractivity contribution is 5.76. The zero-order valence-electron chi connectivity index (χ0n) is 11.3. The van der Waals surface area contributed by atoms with Gasteiger partial charge < -0.3 is 15.3 Å². The van der Waals surface area contributed by atoms with E-state index in [9.17, 15) is 5.11 Å². The van der Waals surface area contributed by atoms with Gasteiger partial charge in [0.1, 0.15) is 5.52 Å². The van der Waals surface area contributed by atoms with Gasteiger partial charge in [-0.05, 0) is 37.0 Å². The second kappa shape index (κ2) is 4.46. The molecule has 0 bridgehead atoms. The maximum absolute atomic E-state index is 9.95. The number of oxazole rings is 1. The highest BCUT2D eigenvalue weighted by Crippen LogP contribution is 2.38. The second-order valence-corrected chi connectivity index (χ2v) is 6.10. The molecule has 1 aromatic heterocycles. The van der Waals surface area contributed by atoms with Crippen LogP contribution in [-0.2, 0) is 6.54 Å². The van der Waals surface area contributed by atoms with E-state index in [2.05, 4.69) is 9.88 Å². The molecule has 5 nitrogen and oxygen atoms in total. The van der Waals surface area contributed by atoms with Gasteiger partial charge in [-0.1, -0.05) is 0 Å². The molecule has 2 fully saturated rings. The van der Waals surface area contributed by atoms with E-state index in [-0.39, 0.29) is 6.10 Å². The van der Waals surface area contributed by atoms with Crippen LogP contribution in [0.5, 0.6) is 0 Å². The number of nitrogen functional groups attached to an aromatic ring is 1. The Bertz CT molecular complexity index is 639. The van der Waals surface area contributed by atoms with Crippen LogP contribution in [0, 0.1) is 11.8 Å². The predicted octanol–water partition coefficient (Wildman–Crippen LogP) is 1.61. The predicted molar refractivity (Wildman–Crippen MR) is 75.9 cm³/mol. The minimum Gasteiger partial charge on any atom is -0.439 e. The summed E-state index contributed by atoms with van der Waals surface area (Å²) >= 11 is 0. The summed E-state index contributed by atoms with van der Waals surface area (Å²) in [5.41, 5.74) is 8.06. The molecule has 5 heteroatoms. The molecule has 2 aliphatic rings. The summed E-state index contributed by atoms with van der Waals surface area (Å²) in [5, 5.41) is 9.95. The Hall–Kier alpha value is -1.59. The van der Waals surface area contributed by atoms with E-state index in [1.54, 1.807) is 0 Å². The maximum Gasteiger partial charge on any atom is 0.209 e. The first kappa shape index (κ1) is 12.2. The van der Waals surface area contributed by atoms with Crippen molar-refractivity contribution in [3.8, 4) is 0 Å². The third kappa shape index (κ3) is 1.98. The number of hydrogen-bond donors (Lipinski definition) is 2. The lowest BCUT2D eigenvalue weighted by atomic mass is 10.00. The number of anilines is 1. The molecule has 3 atom stereocenters. The zero-order chi connectivity index (χ0) is 13.7. The third-order valence-corrected chi connectivity index (χ3v) is 4.71. The molecule has 1 saturated carbocycles. The first-order valence-corrected chi connectivity index (χ1v) is 7.24. The van der Waals surface area contributed by atoms with Crippen LogP contribution in [-0.4, -0.2) is 34.2 Å². The van der Waals surface area contributed by atoms with E-state index in [1.165, 1.54) is 0 Å². The molecule has 3 unspecified atom stereocenters. The molecule has 2 heterocycles. The SMILES string of the molecule is Nc1ccc2oc(CN3CC4CCC(O)C4C3)nc2c1. The van der Waals surface area contributed by atoms with Crippen LogP contribution in [0.2, 0.25) is 0 Å². The van der Waals surface area contributed by atoms with Crippen molar-refractivity contribution in [2.24, 2.45) is 11.8 Å². The van der Waals surface area contributed by atoms with Crippen LogP contribution in [0.3, 0.4) is 0 Å². The maximum atomic E-state index is 9.95. The van der Waals surface area contributed by atoms with Gasteiger partial charge >= 0.3 is 0 Å². The van der Waals surface area contributed by atoms with Gasteiger partial charge in [0, 0.05) is 24.7 Å². The summed E-state index contributed by atoms with van der Waals surface area (Å²) in [7, 11) is 0. The Morgan fingerprint density at radius 2 is 2.25 bits per heavy atom. The van der Waals surface area contributed by atoms with Crippen molar-refractivity contribution >= 4 is 16.8 Å². The smallest absolute Gasteiger partial charge is 0.209 e. The van der Waals surface area contributed by atoms with Gasteiger partial charge in [-0.3, -0.25) is 4.90 Å². The lowest BCUT2D eigenvalue weighted by Gasteiger charge is -2.15. The Balaban J connectivity index is 1.51. The van der Waals surface area contributed by atoms with Crippen molar-refractivity contribution in [2.45, 2.75) is 25.5 Å². The highest BCUT2D eigenvalue weighted by Gasteiger charge is 2.41. The number of aliphatic hydroxyl groups excluding tert-OH is 1. The number of aromatic nitrogens is 1. The van der Waals surface area contributed by atoms with Gasteiger partial charge in [-0.15, -0.1) is 0 Å². The van der Waals surface area contributed by atoms with Crippen LogP contribution in [0.25, 0.3) is 11.1 Å². The topological polar surface area (TPSA) is 75.5 Å². The third-order valence-electron chi connectivity index (χ3n) is 4.71. The average Bonchev–Trinajstić information content (AvgIpc) is 3.06. The number of aliphatic hydroxyl groups is 1. The molecule has 20 heavy (non-hydrogen) atoms. The van der Waals surface area contributed by atoms with E-state index in [0.717, 1.165) is 42.9 Å². The Labute approximate surface area is 117 Å². The molecule has 0 spiro atoms. The highest BCUT2D eigenvalue weighted by atomic mass is 16.3. The fourth-order valence-electron chi connectivity index (χ4n) is 3.71. The summed E-state index contributed by atoms with van der Waals surface area (Å²) in [4.78, 5) is 6.84. The van der Waals surface area contributed by atoms with E-state index < -0.39 is 0 Å². The number of nitrogens with two attached hydrogens (primary N) is 1. The van der Waals surface area contributed by atoms with Gasteiger partial charge in [0.25, 0.3) is 0 Å². The quantitative estimate of drug-likeness (QED) is 0.813. The van der Waals surface area contributed by atoms with Gasteiger partial charge in [-0.25, -0.2) is 4.98 Å². The largest absolute Gasteiger partial charge is 0.439 e. The minimum absolute atomic E-state index is 0.117. The van der Waals surface area contributed by atoms with Crippen molar-refractivity contribution in [2.75, 3.05) is 18.8 Å². The molecule has 0 amide bonds. The van der Waals surface area contributed by atoms with E-state index >= 15 is 0 Å². The summed E-state index contributed by atoms with van der Waals surface area (Å²) in [6.45, 7) is 2.71. The van der Waals surface area contributed by atoms with Crippen LogP contribution in [0.4, 0.5) is 5.69 Å². The lowest BCUT2D eigenvalue weighted by Crippen LogP contribution is -2.24. The van der Waals surface area contributed by atoms with E-state index in [4.69, 9.17) is 10.2 Å². The van der Waals surface area contributed by atoms with Crippen molar-refractivity contribution in [3.05, 3.63) is 24.1 Å². The molecule has 3 N–H and O–H groups in total. The van der Waals surface area contributed by atoms with Gasteiger partial charge in [0.05, 0.1) is 12.6 Å². The Kier molecular flexibility index (Phi) is 2.72. The van der Waals surface area contributed by atoms with Crippen molar-refractivity contribution < 1.29 is 9.52 Å². The van der Waals surface area contributed by atoms with Gasteiger partial charge in [0.15, 0.2) is 5.58 Å². The molecule has 0 radical (unpaired) electrons. The van der Waals surface area contributed by atoms with Crippen molar-refractivity contribution in [1.82, 2.24) is 9.88 Å². The molecule has 2 aromatic rings. The number of likely N-dealkylation sites (tertiary alicyclic amines) is 1. The molecule has 1 aromatic carbocycles. The fraction of sp³-hybridized carbons (Fsp3) is 0.533. The van der Waals surface area contributed by atoms with Crippen LogP contribution in [0.15, 0.2) is 22.6 Å². The molecular weight excluding hydrogens is 254 g/mol. The van der Waals surface area contributed by atoms with Crippen LogP contribution < -0.4 is 5.73 Å². The van der Waals surface area contributed by atoms with Gasteiger partial charge in [0.2, 0.25) is 5.89 Å². The first-order valence-electron chi connectivity index (χ1n) is 7.24. The monoisotopic (exact) mass is 273 g/mol. The van der Waals surface area contributed by atoms with Crippen LogP contribution >= 0.6 is 0 Å². The molecule has 4 rings (SSSR count). The van der Waals surface area contributed by atoms with Crippen molar-refractivity contribution in [1.29, 1.82) is 0 Å². The van der Waals surface area contributed by atoms with E-state index in [0.29, 0.717) is 24.1 Å². The minimum atomic E-state index is -0.117. The number of nitrogens with zero attached hydrogens (tertiary/aromatic N) is 2. The summed E-state index contributed by atoms with van der Waals surface area (Å²) in [5.74, 6) is 1.82. The molecule has 1 aliphatic carbocycles. The standard InChI is InChI=1S/C15H19N3O2/c16-10-2-4-14-12(5-10)17-15(20-14)8-18-6-9-1-3-13(19)11(9)7-18/h2,4-5,9,11,13,19H,1,3,6-8,16H2. The summed E-state index contributed by atoms with van der Waals surface area (Å²) in [6, 6.07) is 5.53. The molecule has 1 saturated heterocycles. The second-order valence-electron chi connectivity index (χ2n) is 6.10. The number of hydrogen-bond acceptors (Lipinski definition) is 5. The molecule has 1 aliphatic heterocycles. The molecular formula is C15H19N3O2. The fourth-order valence-corrected chi connectivity index (χ4v) is 3.71. The molecule has 106 valence electrons. The van der Waals surface area contributed by atoms with Crippen LogP contribution in [0.1, 0.15) is 18.7 Å². The average molecular weight is 273 g/mol. The number of benzene rings is 1. The van der Waals surface area contributed by atoms with Crippen molar-refractivity contribution in [3.63, 3.8) is 0 Å². The normalized spacial score (nSPS) is 30.1. The van der Waals surface area contributed by atoms with E-state index in [1.807, 2.05) is 18.2 Å². The number of fused-ring (bicyclic) bond motifs is 2. The summed E-state index contributed by atoms with van der Waals surface area (Å²) in [6.07, 6.45) is 1.99. The number of rotatable bonds is 2. The zero-order valence-corrected chi connectivity index (χ0v) is 11.3. The lowest BCUT2D eigenvalue weighted by molar-refractivity contribution is 0.122. The Morgan fingerprint density at radius 1 is 1.35 bits per heavy atom. The first-order chi connectivity index (χ1) is 9.69. The summed E-state index contributed by atoms with van der Waals surface area (Å²) < 4.78 is 5.76. The van der Waals surface area contributed by atoms with Gasteiger partial charge in [-0.2, -0.15) is 0 Å².